The third-order valence-corrected chi connectivity index (χ3v) is 5.15. The molecule has 0 amide bonds. The van der Waals surface area contributed by atoms with Crippen molar-refractivity contribution in [1.82, 2.24) is 15.5 Å². The first-order valence-corrected chi connectivity index (χ1v) is 9.60. The minimum absolute atomic E-state index is 0. The number of nitrogens with one attached hydrogen (secondary N) is 2. The quantitative estimate of drug-likeness (QED) is 0.278. The third kappa shape index (κ3) is 9.43. The molecule has 0 spiro atoms. The molecule has 1 rings (SSSR count). The van der Waals surface area contributed by atoms with E-state index in [2.05, 4.69) is 50.4 Å². The summed E-state index contributed by atoms with van der Waals surface area (Å²) >= 11 is 0. The van der Waals surface area contributed by atoms with Gasteiger partial charge in [-0.15, -0.1) is 24.0 Å². The van der Waals surface area contributed by atoms with Crippen LogP contribution in [0, 0.1) is 11.3 Å². The topological polar surface area (TPSA) is 48.9 Å². The lowest BCUT2D eigenvalue weighted by atomic mass is 9.67. The first-order valence-electron chi connectivity index (χ1n) is 9.60. The summed E-state index contributed by atoms with van der Waals surface area (Å²) in [7, 11) is 6.11. The molecular weight excluding hydrogens is 427 g/mol. The molecule has 1 fully saturated rings. The zero-order valence-electron chi connectivity index (χ0n) is 17.2. The standard InChI is InChI=1S/C19H40N4O.HI/c1-7-20-18(21-14-17(23(4)5)13-16(2)3)22-15-19(9-8-10-19)11-12-24-6;/h16-17H,7-15H2,1-6H3,(H2,20,21,22);1H. The summed E-state index contributed by atoms with van der Waals surface area (Å²) in [5.41, 5.74) is 0.372. The molecule has 1 unspecified atom stereocenters. The van der Waals surface area contributed by atoms with Crippen molar-refractivity contribution in [2.75, 3.05) is 47.4 Å². The Hall–Kier alpha value is -0.0800. The molecule has 0 radical (unpaired) electrons. The first-order chi connectivity index (χ1) is 11.4. The largest absolute Gasteiger partial charge is 0.385 e. The number of ether oxygens (including phenoxy) is 1. The number of hydrogen-bond acceptors (Lipinski definition) is 3. The maximum absolute atomic E-state index is 5.28. The van der Waals surface area contributed by atoms with Crippen molar-refractivity contribution in [1.29, 1.82) is 0 Å². The van der Waals surface area contributed by atoms with E-state index in [1.165, 1.54) is 25.7 Å². The number of hydrogen-bond donors (Lipinski definition) is 2. The SMILES string of the molecule is CCNC(=NCC1(CCOC)CCC1)NCC(CC(C)C)N(C)C.I. The van der Waals surface area contributed by atoms with E-state index in [0.29, 0.717) is 17.4 Å². The van der Waals surface area contributed by atoms with Crippen LogP contribution in [0.2, 0.25) is 0 Å². The van der Waals surface area contributed by atoms with E-state index in [1.54, 1.807) is 7.11 Å². The van der Waals surface area contributed by atoms with Crippen LogP contribution in [0.1, 0.15) is 52.9 Å². The molecule has 6 heteroatoms. The predicted octanol–water partition coefficient (Wildman–Crippen LogP) is 3.34. The number of likely N-dealkylation sites (N-methyl/N-ethyl adjacent to an activating group) is 1. The summed E-state index contributed by atoms with van der Waals surface area (Å²) in [4.78, 5) is 7.20. The molecule has 0 bridgehead atoms. The van der Waals surface area contributed by atoms with Crippen molar-refractivity contribution in [3.05, 3.63) is 0 Å². The molecule has 150 valence electrons. The van der Waals surface area contributed by atoms with Crippen molar-refractivity contribution in [3.8, 4) is 0 Å². The van der Waals surface area contributed by atoms with Crippen molar-refractivity contribution < 1.29 is 4.74 Å². The number of aliphatic imine (C=N–C) groups is 1. The van der Waals surface area contributed by atoms with E-state index < -0.39 is 0 Å². The summed E-state index contributed by atoms with van der Waals surface area (Å²) in [5.74, 6) is 1.66. The fourth-order valence-corrected chi connectivity index (χ4v) is 3.31. The van der Waals surface area contributed by atoms with Crippen LogP contribution in [0.15, 0.2) is 4.99 Å². The molecule has 1 saturated carbocycles. The summed E-state index contributed by atoms with van der Waals surface area (Å²) < 4.78 is 5.28. The van der Waals surface area contributed by atoms with Gasteiger partial charge in [-0.05, 0) is 58.0 Å². The van der Waals surface area contributed by atoms with Gasteiger partial charge in [-0.3, -0.25) is 4.99 Å². The minimum Gasteiger partial charge on any atom is -0.385 e. The van der Waals surface area contributed by atoms with Crippen LogP contribution in [0.25, 0.3) is 0 Å². The number of methoxy groups -OCH3 is 1. The zero-order valence-corrected chi connectivity index (χ0v) is 19.6. The van der Waals surface area contributed by atoms with Crippen LogP contribution in [0.3, 0.4) is 0 Å². The molecule has 1 atom stereocenters. The second-order valence-corrected chi connectivity index (χ2v) is 7.92. The minimum atomic E-state index is 0. The summed E-state index contributed by atoms with van der Waals surface area (Å²) in [6.45, 7) is 10.3. The lowest BCUT2D eigenvalue weighted by Gasteiger charge is -2.40. The van der Waals surface area contributed by atoms with Gasteiger partial charge in [-0.25, -0.2) is 0 Å². The monoisotopic (exact) mass is 468 g/mol. The van der Waals surface area contributed by atoms with Crippen LogP contribution >= 0.6 is 24.0 Å². The van der Waals surface area contributed by atoms with Crippen molar-refractivity contribution in [2.24, 2.45) is 16.3 Å². The fourth-order valence-electron chi connectivity index (χ4n) is 3.31. The second kappa shape index (κ2) is 13.1. The molecule has 1 aliphatic carbocycles. The molecule has 2 N–H and O–H groups in total. The van der Waals surface area contributed by atoms with Gasteiger partial charge in [-0.2, -0.15) is 0 Å². The number of rotatable bonds is 11. The predicted molar refractivity (Wildman–Crippen MR) is 119 cm³/mol. The average Bonchev–Trinajstić information content (AvgIpc) is 2.49. The lowest BCUT2D eigenvalue weighted by Crippen LogP contribution is -2.46. The van der Waals surface area contributed by atoms with E-state index in [1.807, 2.05) is 0 Å². The maximum atomic E-state index is 5.28. The van der Waals surface area contributed by atoms with Gasteiger partial charge >= 0.3 is 0 Å². The number of halogens is 1. The van der Waals surface area contributed by atoms with E-state index in [4.69, 9.17) is 9.73 Å². The Labute approximate surface area is 172 Å². The van der Waals surface area contributed by atoms with E-state index in [9.17, 15) is 0 Å². The van der Waals surface area contributed by atoms with E-state index in [0.717, 1.165) is 38.6 Å². The Kier molecular flexibility index (Phi) is 13.1. The van der Waals surface area contributed by atoms with E-state index >= 15 is 0 Å². The zero-order chi connectivity index (χ0) is 18.0. The Morgan fingerprint density at radius 2 is 1.92 bits per heavy atom. The Morgan fingerprint density at radius 1 is 1.24 bits per heavy atom. The molecule has 0 aliphatic heterocycles. The van der Waals surface area contributed by atoms with Gasteiger partial charge in [0, 0.05) is 39.4 Å². The van der Waals surface area contributed by atoms with Crippen LogP contribution in [-0.2, 0) is 4.74 Å². The highest BCUT2D eigenvalue weighted by Crippen LogP contribution is 2.44. The van der Waals surface area contributed by atoms with Gasteiger partial charge < -0.3 is 20.3 Å². The smallest absolute Gasteiger partial charge is 0.191 e. The van der Waals surface area contributed by atoms with Gasteiger partial charge in [0.15, 0.2) is 5.96 Å². The van der Waals surface area contributed by atoms with Crippen LogP contribution in [-0.4, -0.2) is 64.3 Å². The van der Waals surface area contributed by atoms with Crippen LogP contribution in [0.4, 0.5) is 0 Å². The summed E-state index contributed by atoms with van der Waals surface area (Å²) in [6, 6.07) is 0.528. The molecule has 0 heterocycles. The molecule has 0 aromatic carbocycles. The Morgan fingerprint density at radius 3 is 2.36 bits per heavy atom. The molecule has 5 nitrogen and oxygen atoms in total. The molecular formula is C19H41IN4O. The highest BCUT2D eigenvalue weighted by molar-refractivity contribution is 14.0. The molecule has 0 aromatic heterocycles. The highest BCUT2D eigenvalue weighted by Gasteiger charge is 2.36. The maximum Gasteiger partial charge on any atom is 0.191 e. The number of nitrogens with zero attached hydrogens (tertiary/aromatic N) is 2. The van der Waals surface area contributed by atoms with Crippen molar-refractivity contribution in [3.63, 3.8) is 0 Å². The van der Waals surface area contributed by atoms with Gasteiger partial charge in [0.05, 0.1) is 0 Å². The third-order valence-electron chi connectivity index (χ3n) is 5.15. The molecule has 0 saturated heterocycles. The van der Waals surface area contributed by atoms with Gasteiger partial charge in [-0.1, -0.05) is 20.3 Å². The first kappa shape index (κ1) is 24.9. The van der Waals surface area contributed by atoms with Gasteiger partial charge in [0.1, 0.15) is 0 Å². The molecule has 1 aliphatic rings. The average molecular weight is 468 g/mol. The highest BCUT2D eigenvalue weighted by atomic mass is 127. The molecule has 25 heavy (non-hydrogen) atoms. The lowest BCUT2D eigenvalue weighted by molar-refractivity contribution is 0.0778. The summed E-state index contributed by atoms with van der Waals surface area (Å²) in [6.07, 6.45) is 6.22. The van der Waals surface area contributed by atoms with Crippen LogP contribution in [0.5, 0.6) is 0 Å². The van der Waals surface area contributed by atoms with Gasteiger partial charge in [0.25, 0.3) is 0 Å². The summed E-state index contributed by atoms with van der Waals surface area (Å²) in [5, 5.41) is 6.95. The normalized spacial score (nSPS) is 17.8. The van der Waals surface area contributed by atoms with Crippen molar-refractivity contribution >= 4 is 29.9 Å². The Bertz CT molecular complexity index is 370. The van der Waals surface area contributed by atoms with Crippen molar-refractivity contribution in [2.45, 2.75) is 58.9 Å². The number of guanidine groups is 1. The van der Waals surface area contributed by atoms with Crippen LogP contribution < -0.4 is 10.6 Å². The second-order valence-electron chi connectivity index (χ2n) is 7.92. The molecule has 0 aromatic rings. The Balaban J connectivity index is 0.00000576. The fraction of sp³-hybridized carbons (Fsp3) is 0.947. The van der Waals surface area contributed by atoms with E-state index in [-0.39, 0.29) is 24.0 Å². The van der Waals surface area contributed by atoms with Gasteiger partial charge in [0.2, 0.25) is 0 Å².